The number of carbonyl (C=O) groups excluding carboxylic acids is 2. The number of nitrogens with one attached hydrogen (secondary N) is 2. The molecule has 7 nitrogen and oxygen atoms in total. The highest BCUT2D eigenvalue weighted by Crippen LogP contribution is 2.30. The SMILES string of the molecule is CN(C)c1cccc(C(=O)NNC(=O)[C@@H]2COc3ccccc3O2)c1. The van der Waals surface area contributed by atoms with E-state index >= 15 is 0 Å². The van der Waals surface area contributed by atoms with Crippen LogP contribution in [0.1, 0.15) is 10.4 Å². The molecule has 130 valence electrons. The first-order valence-electron chi connectivity index (χ1n) is 7.80. The fourth-order valence-electron chi connectivity index (χ4n) is 2.35. The standard InChI is InChI=1S/C18H19N3O4/c1-21(2)13-7-5-6-12(10-13)17(22)19-20-18(23)16-11-24-14-8-3-4-9-15(14)25-16/h3-10,16H,11H2,1-2H3,(H,19,22)(H,20,23)/t16-/m0/s1. The number of benzene rings is 2. The van der Waals surface area contributed by atoms with Crippen LogP contribution in [-0.2, 0) is 4.79 Å². The van der Waals surface area contributed by atoms with E-state index in [0.29, 0.717) is 17.1 Å². The lowest BCUT2D eigenvalue weighted by Gasteiger charge is -2.25. The predicted octanol–water partition coefficient (Wildman–Crippen LogP) is 1.35. The number of hydrazine groups is 1. The quantitative estimate of drug-likeness (QED) is 0.824. The van der Waals surface area contributed by atoms with Gasteiger partial charge in [-0.1, -0.05) is 18.2 Å². The number of hydrogen-bond acceptors (Lipinski definition) is 5. The van der Waals surface area contributed by atoms with Gasteiger partial charge in [-0.25, -0.2) is 0 Å². The third kappa shape index (κ3) is 3.82. The molecule has 0 fully saturated rings. The van der Waals surface area contributed by atoms with Gasteiger partial charge in [-0.2, -0.15) is 0 Å². The normalized spacial score (nSPS) is 15.2. The molecule has 0 bridgehead atoms. The van der Waals surface area contributed by atoms with Gasteiger partial charge in [0.1, 0.15) is 6.61 Å². The Balaban J connectivity index is 1.57. The number of nitrogens with zero attached hydrogens (tertiary/aromatic N) is 1. The lowest BCUT2D eigenvalue weighted by atomic mass is 10.2. The minimum absolute atomic E-state index is 0.0782. The number of rotatable bonds is 3. The van der Waals surface area contributed by atoms with Crippen LogP contribution in [0.25, 0.3) is 0 Å². The van der Waals surface area contributed by atoms with Gasteiger partial charge in [0.15, 0.2) is 11.5 Å². The second-order valence-electron chi connectivity index (χ2n) is 5.75. The topological polar surface area (TPSA) is 79.9 Å². The summed E-state index contributed by atoms with van der Waals surface area (Å²) in [5, 5.41) is 0. The molecule has 0 spiro atoms. The third-order valence-corrected chi connectivity index (χ3v) is 3.73. The zero-order valence-electron chi connectivity index (χ0n) is 14.0. The Morgan fingerprint density at radius 2 is 1.80 bits per heavy atom. The Bertz CT molecular complexity index is 791. The second kappa shape index (κ2) is 7.12. The third-order valence-electron chi connectivity index (χ3n) is 3.73. The van der Waals surface area contributed by atoms with Crippen LogP contribution in [0.5, 0.6) is 11.5 Å². The zero-order valence-corrected chi connectivity index (χ0v) is 14.0. The van der Waals surface area contributed by atoms with Crippen LogP contribution in [0, 0.1) is 0 Å². The van der Waals surface area contributed by atoms with Crippen molar-refractivity contribution >= 4 is 17.5 Å². The molecule has 0 saturated carbocycles. The van der Waals surface area contributed by atoms with Crippen molar-refractivity contribution in [2.24, 2.45) is 0 Å². The monoisotopic (exact) mass is 341 g/mol. The van der Waals surface area contributed by atoms with Gasteiger partial charge < -0.3 is 14.4 Å². The summed E-state index contributed by atoms with van der Waals surface area (Å²) < 4.78 is 11.1. The average molecular weight is 341 g/mol. The number of ether oxygens (including phenoxy) is 2. The lowest BCUT2D eigenvalue weighted by molar-refractivity contribution is -0.131. The van der Waals surface area contributed by atoms with Crippen molar-refractivity contribution in [1.82, 2.24) is 10.9 Å². The van der Waals surface area contributed by atoms with E-state index in [1.54, 1.807) is 36.4 Å². The molecule has 1 aliphatic rings. The molecule has 0 saturated heterocycles. The van der Waals surface area contributed by atoms with Crippen molar-refractivity contribution in [1.29, 1.82) is 0 Å². The molecule has 2 aromatic rings. The van der Waals surface area contributed by atoms with E-state index in [4.69, 9.17) is 9.47 Å². The Labute approximate surface area is 145 Å². The highest BCUT2D eigenvalue weighted by atomic mass is 16.6. The minimum atomic E-state index is -0.830. The molecule has 25 heavy (non-hydrogen) atoms. The Morgan fingerprint density at radius 1 is 1.04 bits per heavy atom. The first-order chi connectivity index (χ1) is 12.0. The van der Waals surface area contributed by atoms with Crippen LogP contribution >= 0.6 is 0 Å². The van der Waals surface area contributed by atoms with Gasteiger partial charge >= 0.3 is 0 Å². The van der Waals surface area contributed by atoms with E-state index in [1.807, 2.05) is 31.1 Å². The molecule has 7 heteroatoms. The summed E-state index contributed by atoms with van der Waals surface area (Å²) >= 11 is 0. The summed E-state index contributed by atoms with van der Waals surface area (Å²) in [4.78, 5) is 26.3. The molecule has 3 rings (SSSR count). The summed E-state index contributed by atoms with van der Waals surface area (Å²) in [5.41, 5.74) is 6.10. The van der Waals surface area contributed by atoms with Gasteiger partial charge in [0.25, 0.3) is 11.8 Å². The van der Waals surface area contributed by atoms with E-state index in [2.05, 4.69) is 10.9 Å². The molecule has 2 N–H and O–H groups in total. The van der Waals surface area contributed by atoms with Crippen LogP contribution in [0.15, 0.2) is 48.5 Å². The molecule has 1 aliphatic heterocycles. The molecule has 0 unspecified atom stereocenters. The number of fused-ring (bicyclic) bond motifs is 1. The van der Waals surface area contributed by atoms with Crippen molar-refractivity contribution < 1.29 is 19.1 Å². The highest BCUT2D eigenvalue weighted by molar-refractivity contribution is 5.96. The largest absolute Gasteiger partial charge is 0.485 e. The van der Waals surface area contributed by atoms with Crippen molar-refractivity contribution in [3.8, 4) is 11.5 Å². The fourth-order valence-corrected chi connectivity index (χ4v) is 2.35. The molecular formula is C18H19N3O4. The van der Waals surface area contributed by atoms with Gasteiger partial charge in [-0.3, -0.25) is 20.4 Å². The molecule has 1 atom stereocenters. The Morgan fingerprint density at radius 3 is 2.56 bits per heavy atom. The zero-order chi connectivity index (χ0) is 17.8. The van der Waals surface area contributed by atoms with E-state index in [9.17, 15) is 9.59 Å². The molecule has 2 amide bonds. The first kappa shape index (κ1) is 16.6. The van der Waals surface area contributed by atoms with Gasteiger partial charge in [0.05, 0.1) is 0 Å². The van der Waals surface area contributed by atoms with E-state index in [-0.39, 0.29) is 6.61 Å². The molecule has 0 radical (unpaired) electrons. The van der Waals surface area contributed by atoms with Gasteiger partial charge in [-0.05, 0) is 30.3 Å². The minimum Gasteiger partial charge on any atom is -0.485 e. The maximum atomic E-state index is 12.2. The summed E-state index contributed by atoms with van der Waals surface area (Å²) in [6.07, 6.45) is -0.830. The second-order valence-corrected chi connectivity index (χ2v) is 5.75. The molecular weight excluding hydrogens is 322 g/mol. The number of anilines is 1. The fraction of sp³-hybridized carbons (Fsp3) is 0.222. The van der Waals surface area contributed by atoms with Crippen LogP contribution in [0.3, 0.4) is 0 Å². The van der Waals surface area contributed by atoms with Crippen molar-refractivity contribution in [2.75, 3.05) is 25.6 Å². The summed E-state index contributed by atoms with van der Waals surface area (Å²) in [6, 6.07) is 14.2. The van der Waals surface area contributed by atoms with Crippen LogP contribution in [-0.4, -0.2) is 38.6 Å². The number of amides is 2. The average Bonchev–Trinajstić information content (AvgIpc) is 2.65. The van der Waals surface area contributed by atoms with E-state index in [1.165, 1.54) is 0 Å². The molecule has 1 heterocycles. The summed E-state index contributed by atoms with van der Waals surface area (Å²) in [6.45, 7) is 0.0782. The van der Waals surface area contributed by atoms with Crippen LogP contribution < -0.4 is 25.2 Å². The maximum Gasteiger partial charge on any atom is 0.283 e. The molecule has 0 aromatic heterocycles. The molecule has 2 aromatic carbocycles. The number of carbonyl (C=O) groups is 2. The van der Waals surface area contributed by atoms with Crippen LogP contribution in [0.2, 0.25) is 0 Å². The highest BCUT2D eigenvalue weighted by Gasteiger charge is 2.27. The summed E-state index contributed by atoms with van der Waals surface area (Å²) in [5.74, 6) is 0.204. The van der Waals surface area contributed by atoms with E-state index < -0.39 is 17.9 Å². The van der Waals surface area contributed by atoms with Crippen molar-refractivity contribution in [3.63, 3.8) is 0 Å². The smallest absolute Gasteiger partial charge is 0.283 e. The lowest BCUT2D eigenvalue weighted by Crippen LogP contribution is -2.50. The summed E-state index contributed by atoms with van der Waals surface area (Å²) in [7, 11) is 3.77. The Kier molecular flexibility index (Phi) is 4.74. The first-order valence-corrected chi connectivity index (χ1v) is 7.80. The van der Waals surface area contributed by atoms with Crippen molar-refractivity contribution in [2.45, 2.75) is 6.10 Å². The van der Waals surface area contributed by atoms with Gasteiger partial charge in [0.2, 0.25) is 6.10 Å². The molecule has 0 aliphatic carbocycles. The van der Waals surface area contributed by atoms with E-state index in [0.717, 1.165) is 5.69 Å². The van der Waals surface area contributed by atoms with Crippen molar-refractivity contribution in [3.05, 3.63) is 54.1 Å². The van der Waals surface area contributed by atoms with Gasteiger partial charge in [0, 0.05) is 25.3 Å². The van der Waals surface area contributed by atoms with Gasteiger partial charge in [-0.15, -0.1) is 0 Å². The number of para-hydroxylation sites is 2. The Hall–Kier alpha value is -3.22. The predicted molar refractivity (Wildman–Crippen MR) is 92.7 cm³/mol. The van der Waals surface area contributed by atoms with Crippen LogP contribution in [0.4, 0.5) is 5.69 Å². The number of hydrogen-bond donors (Lipinski definition) is 2. The maximum absolute atomic E-state index is 12.2.